The molecule has 25 heavy (non-hydrogen) atoms. The Morgan fingerprint density at radius 1 is 1.28 bits per heavy atom. The molecule has 1 aromatic carbocycles. The van der Waals surface area contributed by atoms with Crippen LogP contribution in [0.5, 0.6) is 5.75 Å². The number of methoxy groups -OCH3 is 1. The highest BCUT2D eigenvalue weighted by Gasteiger charge is 2.44. The summed E-state index contributed by atoms with van der Waals surface area (Å²) in [4.78, 5) is 28.3. The summed E-state index contributed by atoms with van der Waals surface area (Å²) in [5, 5.41) is 9.93. The first-order chi connectivity index (χ1) is 12.0. The lowest BCUT2D eigenvalue weighted by Gasteiger charge is -2.38. The van der Waals surface area contributed by atoms with E-state index in [1.807, 2.05) is 17.0 Å². The maximum atomic E-state index is 12.9. The third kappa shape index (κ3) is 3.35. The number of aliphatic hydroxyl groups is 1. The third-order valence-electron chi connectivity index (χ3n) is 5.53. The molecule has 6 heteroatoms. The summed E-state index contributed by atoms with van der Waals surface area (Å²) in [7, 11) is 1.63. The van der Waals surface area contributed by atoms with E-state index in [4.69, 9.17) is 4.74 Å². The van der Waals surface area contributed by atoms with Gasteiger partial charge in [0.1, 0.15) is 5.75 Å². The number of hydrogen-bond acceptors (Lipinski definition) is 4. The fourth-order valence-electron chi connectivity index (χ4n) is 4.10. The van der Waals surface area contributed by atoms with Crippen LogP contribution in [0.1, 0.15) is 37.3 Å². The van der Waals surface area contributed by atoms with Gasteiger partial charge in [-0.1, -0.05) is 6.07 Å². The molecule has 136 valence electrons. The van der Waals surface area contributed by atoms with Gasteiger partial charge in [-0.05, 0) is 42.5 Å². The summed E-state index contributed by atoms with van der Waals surface area (Å²) in [6, 6.07) is 5.98. The van der Waals surface area contributed by atoms with E-state index in [0.29, 0.717) is 26.1 Å². The first-order valence-corrected chi connectivity index (χ1v) is 8.82. The molecular formula is C19H26N2O4. The van der Waals surface area contributed by atoms with Gasteiger partial charge in [-0.2, -0.15) is 0 Å². The minimum Gasteiger partial charge on any atom is -0.497 e. The lowest BCUT2D eigenvalue weighted by molar-refractivity contribution is -0.141. The molecule has 1 saturated heterocycles. The number of carbonyl (C=O) groups is 2. The van der Waals surface area contributed by atoms with E-state index < -0.39 is 5.54 Å². The summed E-state index contributed by atoms with van der Waals surface area (Å²) in [5.41, 5.74) is 1.61. The zero-order valence-electron chi connectivity index (χ0n) is 15.0. The zero-order valence-corrected chi connectivity index (χ0v) is 15.0. The topological polar surface area (TPSA) is 70.1 Å². The van der Waals surface area contributed by atoms with Crippen LogP contribution in [0.25, 0.3) is 0 Å². The number of amides is 2. The molecule has 2 aliphatic rings. The van der Waals surface area contributed by atoms with Gasteiger partial charge in [-0.3, -0.25) is 9.59 Å². The molecule has 6 nitrogen and oxygen atoms in total. The van der Waals surface area contributed by atoms with Crippen LogP contribution >= 0.6 is 0 Å². The van der Waals surface area contributed by atoms with Crippen LogP contribution in [0.3, 0.4) is 0 Å². The third-order valence-corrected chi connectivity index (χ3v) is 5.53. The van der Waals surface area contributed by atoms with Crippen LogP contribution in [0.2, 0.25) is 0 Å². The summed E-state index contributed by atoms with van der Waals surface area (Å²) < 4.78 is 5.28. The molecule has 1 unspecified atom stereocenters. The van der Waals surface area contributed by atoms with Gasteiger partial charge in [0.2, 0.25) is 11.8 Å². The van der Waals surface area contributed by atoms with Gasteiger partial charge in [0.15, 0.2) is 0 Å². The van der Waals surface area contributed by atoms with Crippen LogP contribution in [-0.4, -0.2) is 59.1 Å². The molecule has 2 heterocycles. The zero-order chi connectivity index (χ0) is 18.0. The predicted molar refractivity (Wildman–Crippen MR) is 93.2 cm³/mol. The monoisotopic (exact) mass is 346 g/mol. The van der Waals surface area contributed by atoms with Crippen molar-refractivity contribution in [2.75, 3.05) is 26.8 Å². The lowest BCUT2D eigenvalue weighted by atomic mass is 9.91. The second kappa shape index (κ2) is 7.04. The van der Waals surface area contributed by atoms with Crippen molar-refractivity contribution in [3.63, 3.8) is 0 Å². The van der Waals surface area contributed by atoms with Crippen molar-refractivity contribution >= 4 is 11.8 Å². The summed E-state index contributed by atoms with van der Waals surface area (Å²) in [5.74, 6) is 0.710. The maximum absolute atomic E-state index is 12.9. The number of aliphatic hydroxyl groups excluding tert-OH is 1. The predicted octanol–water partition coefficient (Wildman–Crippen LogP) is 1.34. The molecule has 0 bridgehead atoms. The molecule has 1 fully saturated rings. The van der Waals surface area contributed by atoms with Crippen LogP contribution in [0.4, 0.5) is 0 Å². The normalized spacial score (nSPS) is 22.7. The highest BCUT2D eigenvalue weighted by Crippen LogP contribution is 2.34. The Balaban J connectivity index is 1.74. The molecule has 0 spiro atoms. The molecule has 3 rings (SSSR count). The van der Waals surface area contributed by atoms with Gasteiger partial charge in [0, 0.05) is 26.6 Å². The number of hydrogen-bond donors (Lipinski definition) is 1. The summed E-state index contributed by atoms with van der Waals surface area (Å²) in [6.45, 7) is 3.16. The SMILES string of the molecule is COc1ccc2c(c1)CN(C(=O)CC1(CO)CCCN1C(C)=O)CC2. The number of benzene rings is 1. The molecule has 0 aromatic heterocycles. The summed E-state index contributed by atoms with van der Waals surface area (Å²) >= 11 is 0. The molecule has 0 radical (unpaired) electrons. The van der Waals surface area contributed by atoms with Crippen LogP contribution < -0.4 is 4.74 Å². The van der Waals surface area contributed by atoms with Crippen molar-refractivity contribution in [3.05, 3.63) is 29.3 Å². The maximum Gasteiger partial charge on any atom is 0.225 e. The van der Waals surface area contributed by atoms with Crippen LogP contribution in [0, 0.1) is 0 Å². The van der Waals surface area contributed by atoms with Crippen molar-refractivity contribution in [3.8, 4) is 5.75 Å². The fourth-order valence-corrected chi connectivity index (χ4v) is 4.10. The van der Waals surface area contributed by atoms with E-state index in [0.717, 1.165) is 24.2 Å². The molecular weight excluding hydrogens is 320 g/mol. The first kappa shape index (κ1) is 17.7. The van der Waals surface area contributed by atoms with Gasteiger partial charge >= 0.3 is 0 Å². The average Bonchev–Trinajstić information content (AvgIpc) is 3.05. The number of rotatable bonds is 4. The standard InChI is InChI=1S/C19H26N2O4/c1-14(23)21-8-3-7-19(21,13-22)11-18(24)20-9-6-15-4-5-17(25-2)10-16(15)12-20/h4-5,10,22H,3,6-9,11-13H2,1-2H3. The Labute approximate surface area is 148 Å². The highest BCUT2D eigenvalue weighted by atomic mass is 16.5. The van der Waals surface area contributed by atoms with Crippen molar-refractivity contribution in [1.82, 2.24) is 9.80 Å². The largest absolute Gasteiger partial charge is 0.497 e. The van der Waals surface area contributed by atoms with Gasteiger partial charge in [-0.25, -0.2) is 0 Å². The molecule has 1 atom stereocenters. The Morgan fingerprint density at radius 2 is 2.08 bits per heavy atom. The Hall–Kier alpha value is -2.08. The van der Waals surface area contributed by atoms with E-state index in [-0.39, 0.29) is 24.8 Å². The average molecular weight is 346 g/mol. The quantitative estimate of drug-likeness (QED) is 0.893. The molecule has 1 aromatic rings. The number of carbonyl (C=O) groups excluding carboxylic acids is 2. The van der Waals surface area contributed by atoms with Crippen molar-refractivity contribution in [1.29, 1.82) is 0 Å². The molecule has 2 amide bonds. The van der Waals surface area contributed by atoms with E-state index in [2.05, 4.69) is 6.07 Å². The lowest BCUT2D eigenvalue weighted by Crippen LogP contribution is -2.52. The number of likely N-dealkylation sites (tertiary alicyclic amines) is 1. The van der Waals surface area contributed by atoms with Gasteiger partial charge in [0.25, 0.3) is 0 Å². The summed E-state index contributed by atoms with van der Waals surface area (Å²) in [6.07, 6.45) is 2.50. The second-order valence-corrected chi connectivity index (χ2v) is 7.03. The molecule has 2 aliphatic heterocycles. The fraction of sp³-hybridized carbons (Fsp3) is 0.579. The van der Waals surface area contributed by atoms with E-state index in [9.17, 15) is 14.7 Å². The number of fused-ring (bicyclic) bond motifs is 1. The van der Waals surface area contributed by atoms with Gasteiger partial charge < -0.3 is 19.6 Å². The molecule has 1 N–H and O–H groups in total. The van der Waals surface area contributed by atoms with E-state index in [1.54, 1.807) is 12.0 Å². The Bertz CT molecular complexity index is 675. The van der Waals surface area contributed by atoms with Crippen molar-refractivity contribution in [2.45, 2.75) is 44.7 Å². The van der Waals surface area contributed by atoms with Crippen LogP contribution in [0.15, 0.2) is 18.2 Å². The van der Waals surface area contributed by atoms with E-state index >= 15 is 0 Å². The minimum absolute atomic E-state index is 0.00401. The van der Waals surface area contributed by atoms with Crippen molar-refractivity contribution < 1.29 is 19.4 Å². The van der Waals surface area contributed by atoms with Crippen molar-refractivity contribution in [2.24, 2.45) is 0 Å². The Morgan fingerprint density at radius 3 is 2.76 bits per heavy atom. The van der Waals surface area contributed by atoms with Crippen LogP contribution in [-0.2, 0) is 22.6 Å². The smallest absolute Gasteiger partial charge is 0.225 e. The first-order valence-electron chi connectivity index (χ1n) is 8.82. The number of nitrogens with zero attached hydrogens (tertiary/aromatic N) is 2. The molecule has 0 saturated carbocycles. The van der Waals surface area contributed by atoms with Gasteiger partial charge in [-0.15, -0.1) is 0 Å². The molecule has 0 aliphatic carbocycles. The highest BCUT2D eigenvalue weighted by molar-refractivity contribution is 5.80. The second-order valence-electron chi connectivity index (χ2n) is 7.03. The number of ether oxygens (including phenoxy) is 1. The van der Waals surface area contributed by atoms with Gasteiger partial charge in [0.05, 0.1) is 25.7 Å². The Kier molecular flexibility index (Phi) is 4.99. The van der Waals surface area contributed by atoms with E-state index in [1.165, 1.54) is 12.5 Å². The minimum atomic E-state index is -0.739.